The average molecular weight is 551 g/mol. The maximum absolute atomic E-state index is 13.5. The summed E-state index contributed by atoms with van der Waals surface area (Å²) < 4.78 is 7.08. The quantitative estimate of drug-likeness (QED) is 0.485. The molecule has 0 unspecified atom stereocenters. The van der Waals surface area contributed by atoms with Crippen LogP contribution in [-0.4, -0.2) is 65.5 Å². The molecule has 2 aliphatic rings. The number of amides is 2. The SMILES string of the molecule is COc1ccc2c(c1)c(CC(=O)NN1CCN(C(=O)C3CCCCC3)CC1)c(C)n2C(=O)c1ccc(Cl)cc1. The number of nitrogens with one attached hydrogen (secondary N) is 1. The Morgan fingerprint density at radius 3 is 2.33 bits per heavy atom. The molecule has 0 atom stereocenters. The standard InChI is InChI=1S/C30H35ClN4O4/c1-20-25(19-28(36)32-34-16-14-33(15-17-34)29(37)21-6-4-3-5-7-21)26-18-24(39-2)12-13-27(26)35(20)30(38)22-8-10-23(31)11-9-22/h8-13,18,21H,3-7,14-17,19H2,1-2H3,(H,32,36). The van der Waals surface area contributed by atoms with Gasteiger partial charge in [-0.05, 0) is 67.8 Å². The van der Waals surface area contributed by atoms with Crippen molar-refractivity contribution in [2.24, 2.45) is 5.92 Å². The van der Waals surface area contributed by atoms with Gasteiger partial charge in [-0.25, -0.2) is 5.01 Å². The van der Waals surface area contributed by atoms with Gasteiger partial charge >= 0.3 is 0 Å². The van der Waals surface area contributed by atoms with Crippen LogP contribution in [0.15, 0.2) is 42.5 Å². The molecule has 3 aromatic rings. The van der Waals surface area contributed by atoms with Crippen molar-refractivity contribution in [3.63, 3.8) is 0 Å². The van der Waals surface area contributed by atoms with Gasteiger partial charge < -0.3 is 9.64 Å². The van der Waals surface area contributed by atoms with E-state index in [-0.39, 0.29) is 30.1 Å². The molecule has 1 saturated heterocycles. The van der Waals surface area contributed by atoms with Crippen LogP contribution in [0.1, 0.15) is 53.7 Å². The molecule has 5 rings (SSSR count). The zero-order valence-electron chi connectivity index (χ0n) is 22.5. The van der Waals surface area contributed by atoms with Crippen LogP contribution in [0.5, 0.6) is 5.75 Å². The number of carbonyl (C=O) groups excluding carboxylic acids is 3. The number of methoxy groups -OCH3 is 1. The Morgan fingerprint density at radius 1 is 0.974 bits per heavy atom. The Kier molecular flexibility index (Phi) is 8.23. The third kappa shape index (κ3) is 5.82. The van der Waals surface area contributed by atoms with Crippen LogP contribution in [0.25, 0.3) is 10.9 Å². The lowest BCUT2D eigenvalue weighted by Crippen LogP contribution is -2.56. The number of carbonyl (C=O) groups is 3. The predicted molar refractivity (Wildman–Crippen MR) is 151 cm³/mol. The lowest BCUT2D eigenvalue weighted by molar-refractivity contribution is -0.139. The van der Waals surface area contributed by atoms with Crippen molar-refractivity contribution in [3.05, 3.63) is 64.3 Å². The highest BCUT2D eigenvalue weighted by atomic mass is 35.5. The van der Waals surface area contributed by atoms with E-state index in [0.717, 1.165) is 36.6 Å². The molecule has 1 saturated carbocycles. The van der Waals surface area contributed by atoms with Crippen LogP contribution in [0.2, 0.25) is 5.02 Å². The third-order valence-corrected chi connectivity index (χ3v) is 8.25. The summed E-state index contributed by atoms with van der Waals surface area (Å²) in [5.41, 5.74) is 5.72. The lowest BCUT2D eigenvalue weighted by atomic mass is 9.88. The molecular weight excluding hydrogens is 516 g/mol. The number of nitrogens with zero attached hydrogens (tertiary/aromatic N) is 3. The van der Waals surface area contributed by atoms with Crippen LogP contribution in [0, 0.1) is 12.8 Å². The highest BCUT2D eigenvalue weighted by Crippen LogP contribution is 2.31. The van der Waals surface area contributed by atoms with Gasteiger partial charge in [-0.1, -0.05) is 30.9 Å². The van der Waals surface area contributed by atoms with E-state index in [1.54, 1.807) is 35.9 Å². The Bertz CT molecular complexity index is 1370. The fraction of sp³-hybridized carbons (Fsp3) is 0.433. The largest absolute Gasteiger partial charge is 0.497 e. The van der Waals surface area contributed by atoms with Gasteiger partial charge in [0.1, 0.15) is 5.75 Å². The monoisotopic (exact) mass is 550 g/mol. The molecule has 0 radical (unpaired) electrons. The first-order valence-corrected chi connectivity index (χ1v) is 14.0. The second-order valence-electron chi connectivity index (χ2n) is 10.5. The lowest BCUT2D eigenvalue weighted by Gasteiger charge is -2.37. The topological polar surface area (TPSA) is 83.9 Å². The molecule has 39 heavy (non-hydrogen) atoms. The van der Waals surface area contributed by atoms with Gasteiger partial charge in [-0.3, -0.25) is 24.4 Å². The molecule has 2 amide bonds. The maximum Gasteiger partial charge on any atom is 0.262 e. The number of ether oxygens (including phenoxy) is 1. The van der Waals surface area contributed by atoms with Crippen LogP contribution in [0.4, 0.5) is 0 Å². The molecule has 2 fully saturated rings. The van der Waals surface area contributed by atoms with Crippen LogP contribution in [-0.2, 0) is 16.0 Å². The van der Waals surface area contributed by atoms with E-state index in [1.807, 2.05) is 35.0 Å². The summed E-state index contributed by atoms with van der Waals surface area (Å²) in [6.45, 7) is 4.27. The Balaban J connectivity index is 1.30. The number of hydrogen-bond donors (Lipinski definition) is 1. The van der Waals surface area contributed by atoms with Gasteiger partial charge in [0.05, 0.1) is 19.0 Å². The Hall–Kier alpha value is -3.36. The molecule has 1 N–H and O–H groups in total. The van der Waals surface area contributed by atoms with Crippen molar-refractivity contribution in [1.82, 2.24) is 19.9 Å². The minimum absolute atomic E-state index is 0.109. The summed E-state index contributed by atoms with van der Waals surface area (Å²) in [5.74, 6) is 0.728. The van der Waals surface area contributed by atoms with Crippen LogP contribution >= 0.6 is 11.6 Å². The van der Waals surface area contributed by atoms with E-state index < -0.39 is 0 Å². The first-order chi connectivity index (χ1) is 18.9. The van der Waals surface area contributed by atoms with Crippen LogP contribution in [0.3, 0.4) is 0 Å². The number of rotatable bonds is 6. The number of benzene rings is 2. The van der Waals surface area contributed by atoms with Crippen LogP contribution < -0.4 is 10.2 Å². The molecule has 0 bridgehead atoms. The zero-order valence-corrected chi connectivity index (χ0v) is 23.3. The molecule has 206 valence electrons. The van der Waals surface area contributed by atoms with Crippen molar-refractivity contribution in [2.75, 3.05) is 33.3 Å². The van der Waals surface area contributed by atoms with Crippen molar-refractivity contribution in [1.29, 1.82) is 0 Å². The summed E-state index contributed by atoms with van der Waals surface area (Å²) >= 11 is 6.02. The van der Waals surface area contributed by atoms with Gasteiger partial charge in [0, 0.05) is 53.8 Å². The smallest absolute Gasteiger partial charge is 0.262 e. The first kappa shape index (κ1) is 27.2. The van der Waals surface area contributed by atoms with E-state index in [4.69, 9.17) is 16.3 Å². The van der Waals surface area contributed by atoms with Gasteiger partial charge in [0.25, 0.3) is 5.91 Å². The molecule has 1 aliphatic heterocycles. The summed E-state index contributed by atoms with van der Waals surface area (Å²) in [6, 6.07) is 12.3. The molecule has 8 nitrogen and oxygen atoms in total. The highest BCUT2D eigenvalue weighted by Gasteiger charge is 2.29. The summed E-state index contributed by atoms with van der Waals surface area (Å²) in [4.78, 5) is 41.6. The summed E-state index contributed by atoms with van der Waals surface area (Å²) in [6.07, 6.45) is 5.60. The molecule has 1 aliphatic carbocycles. The second kappa shape index (κ2) is 11.8. The Labute approximate surface area is 233 Å². The Morgan fingerprint density at radius 2 is 1.67 bits per heavy atom. The van der Waals surface area contributed by atoms with Gasteiger partial charge in [-0.15, -0.1) is 0 Å². The summed E-state index contributed by atoms with van der Waals surface area (Å²) in [5, 5.41) is 3.25. The second-order valence-corrected chi connectivity index (χ2v) is 10.9. The van der Waals surface area contributed by atoms with Crippen molar-refractivity contribution < 1.29 is 19.1 Å². The fourth-order valence-corrected chi connectivity index (χ4v) is 5.94. The van der Waals surface area contributed by atoms with E-state index >= 15 is 0 Å². The third-order valence-electron chi connectivity index (χ3n) is 8.00. The minimum Gasteiger partial charge on any atom is -0.497 e. The van der Waals surface area contributed by atoms with E-state index in [2.05, 4.69) is 5.43 Å². The first-order valence-electron chi connectivity index (χ1n) is 13.7. The van der Waals surface area contributed by atoms with Crippen molar-refractivity contribution >= 4 is 40.2 Å². The molecule has 2 aromatic carbocycles. The van der Waals surface area contributed by atoms with E-state index in [1.165, 1.54) is 6.42 Å². The fourth-order valence-electron chi connectivity index (χ4n) is 5.82. The highest BCUT2D eigenvalue weighted by molar-refractivity contribution is 6.30. The summed E-state index contributed by atoms with van der Waals surface area (Å²) in [7, 11) is 1.59. The number of aromatic nitrogens is 1. The number of halogens is 1. The van der Waals surface area contributed by atoms with Gasteiger partial charge in [-0.2, -0.15) is 0 Å². The molecular formula is C30H35ClN4O4. The predicted octanol–water partition coefficient (Wildman–Crippen LogP) is 4.60. The van der Waals surface area contributed by atoms with E-state index in [0.29, 0.717) is 53.7 Å². The number of hydrogen-bond acceptors (Lipinski definition) is 5. The number of hydrazine groups is 1. The zero-order chi connectivity index (χ0) is 27.5. The average Bonchev–Trinajstić information content (AvgIpc) is 3.23. The van der Waals surface area contributed by atoms with Gasteiger partial charge in [0.15, 0.2) is 0 Å². The number of piperazine rings is 1. The van der Waals surface area contributed by atoms with Crippen molar-refractivity contribution in [3.8, 4) is 5.75 Å². The number of fused-ring (bicyclic) bond motifs is 1. The molecule has 2 heterocycles. The molecule has 9 heteroatoms. The van der Waals surface area contributed by atoms with E-state index in [9.17, 15) is 14.4 Å². The minimum atomic E-state index is -0.190. The molecule has 1 aromatic heterocycles. The maximum atomic E-state index is 13.5. The van der Waals surface area contributed by atoms with Crippen molar-refractivity contribution in [2.45, 2.75) is 45.4 Å². The molecule has 0 spiro atoms. The van der Waals surface area contributed by atoms with Gasteiger partial charge in [0.2, 0.25) is 11.8 Å². The normalized spacial score (nSPS) is 16.8.